The first-order valence-electron chi connectivity index (χ1n) is 4.60. The number of benzene rings is 1. The predicted octanol–water partition coefficient (Wildman–Crippen LogP) is 2.10. The van der Waals surface area contributed by atoms with E-state index in [1.165, 1.54) is 0 Å². The van der Waals surface area contributed by atoms with Crippen LogP contribution < -0.4 is 0 Å². The van der Waals surface area contributed by atoms with E-state index in [4.69, 9.17) is 10.3 Å². The first-order chi connectivity index (χ1) is 7.15. The Bertz CT molecular complexity index is 359. The topological polar surface area (TPSA) is 69.9 Å². The molecule has 1 aromatic carbocycles. The van der Waals surface area contributed by atoms with Gasteiger partial charge in [-0.1, -0.05) is 35.5 Å². The molecule has 0 heterocycles. The maximum Gasteiger partial charge on any atom is 0.311 e. The number of carbonyl (C=O) groups is 1. The molecular weight excluding hydrogens is 194 g/mol. The Labute approximate surface area is 87.9 Å². The van der Waals surface area contributed by atoms with E-state index in [-0.39, 0.29) is 6.42 Å². The van der Waals surface area contributed by atoms with Crippen molar-refractivity contribution in [2.24, 2.45) is 5.16 Å². The third-order valence-corrected chi connectivity index (χ3v) is 2.17. The largest absolute Gasteiger partial charge is 0.481 e. The average Bonchev–Trinajstić information content (AvgIpc) is 2.26. The van der Waals surface area contributed by atoms with Gasteiger partial charge in [0.15, 0.2) is 0 Å². The average molecular weight is 207 g/mol. The summed E-state index contributed by atoms with van der Waals surface area (Å²) >= 11 is 0. The van der Waals surface area contributed by atoms with Crippen LogP contribution >= 0.6 is 0 Å². The molecule has 0 aliphatic heterocycles. The molecular formula is C11H13NO3. The van der Waals surface area contributed by atoms with E-state index in [2.05, 4.69) is 5.16 Å². The fourth-order valence-electron chi connectivity index (χ4n) is 1.37. The zero-order valence-electron chi connectivity index (χ0n) is 8.42. The summed E-state index contributed by atoms with van der Waals surface area (Å²) in [5, 5.41) is 20.5. The quantitative estimate of drug-likeness (QED) is 0.451. The van der Waals surface area contributed by atoms with E-state index in [1.54, 1.807) is 31.2 Å². The molecule has 15 heavy (non-hydrogen) atoms. The van der Waals surface area contributed by atoms with Crippen LogP contribution in [-0.2, 0) is 4.79 Å². The summed E-state index contributed by atoms with van der Waals surface area (Å²) in [4.78, 5) is 11.0. The number of rotatable bonds is 4. The van der Waals surface area contributed by atoms with Gasteiger partial charge in [-0.3, -0.25) is 4.79 Å². The molecule has 0 aliphatic rings. The van der Waals surface area contributed by atoms with Gasteiger partial charge in [-0.05, 0) is 12.5 Å². The van der Waals surface area contributed by atoms with Crippen molar-refractivity contribution in [3.63, 3.8) is 0 Å². The van der Waals surface area contributed by atoms with Crippen molar-refractivity contribution in [3.8, 4) is 0 Å². The smallest absolute Gasteiger partial charge is 0.311 e. The highest BCUT2D eigenvalue weighted by Crippen LogP contribution is 2.20. The van der Waals surface area contributed by atoms with Gasteiger partial charge in [0.05, 0.1) is 11.6 Å². The van der Waals surface area contributed by atoms with Gasteiger partial charge < -0.3 is 10.3 Å². The molecule has 1 atom stereocenters. The number of carboxylic acids is 1. The summed E-state index contributed by atoms with van der Waals surface area (Å²) < 4.78 is 0. The Hall–Kier alpha value is -1.84. The van der Waals surface area contributed by atoms with Crippen LogP contribution in [0.2, 0.25) is 0 Å². The first-order valence-corrected chi connectivity index (χ1v) is 4.60. The minimum atomic E-state index is -0.913. The zero-order valence-corrected chi connectivity index (χ0v) is 8.42. The second-order valence-electron chi connectivity index (χ2n) is 3.34. The molecule has 0 aliphatic carbocycles. The molecule has 0 radical (unpaired) electrons. The fraction of sp³-hybridized carbons (Fsp3) is 0.273. The lowest BCUT2D eigenvalue weighted by Crippen LogP contribution is -2.14. The van der Waals surface area contributed by atoms with E-state index in [0.29, 0.717) is 11.3 Å². The van der Waals surface area contributed by atoms with E-state index >= 15 is 0 Å². The van der Waals surface area contributed by atoms with Crippen LogP contribution in [0.3, 0.4) is 0 Å². The highest BCUT2D eigenvalue weighted by atomic mass is 16.4. The standard InChI is InChI=1S/C11H13NO3/c1-8(12-15)7-10(11(13)14)9-5-3-2-4-6-9/h2-6,10,15H,7H2,1H3,(H,13,14). The van der Waals surface area contributed by atoms with Crippen LogP contribution in [0.4, 0.5) is 0 Å². The minimum Gasteiger partial charge on any atom is -0.481 e. The van der Waals surface area contributed by atoms with Gasteiger partial charge in [0, 0.05) is 6.42 Å². The summed E-state index contributed by atoms with van der Waals surface area (Å²) in [6.07, 6.45) is 0.218. The second-order valence-corrected chi connectivity index (χ2v) is 3.34. The number of carboxylic acid groups (broad SMARTS) is 1. The van der Waals surface area contributed by atoms with Crippen LogP contribution in [0.25, 0.3) is 0 Å². The van der Waals surface area contributed by atoms with Crippen molar-refractivity contribution in [2.45, 2.75) is 19.3 Å². The van der Waals surface area contributed by atoms with Crippen molar-refractivity contribution in [2.75, 3.05) is 0 Å². The van der Waals surface area contributed by atoms with Crippen LogP contribution in [0.15, 0.2) is 35.5 Å². The Kier molecular flexibility index (Phi) is 3.85. The Morgan fingerprint density at radius 3 is 2.47 bits per heavy atom. The molecule has 0 spiro atoms. The van der Waals surface area contributed by atoms with Gasteiger partial charge in [0.25, 0.3) is 0 Å². The summed E-state index contributed by atoms with van der Waals surface area (Å²) in [5.74, 6) is -1.56. The lowest BCUT2D eigenvalue weighted by molar-refractivity contribution is -0.138. The SMILES string of the molecule is CC(CC(C(=O)O)c1ccccc1)=NO. The summed E-state index contributed by atoms with van der Waals surface area (Å²) in [5.41, 5.74) is 1.12. The first kappa shape index (κ1) is 11.2. The highest BCUT2D eigenvalue weighted by molar-refractivity contribution is 5.88. The highest BCUT2D eigenvalue weighted by Gasteiger charge is 2.20. The molecule has 2 N–H and O–H groups in total. The summed E-state index contributed by atoms with van der Waals surface area (Å²) in [6.45, 7) is 1.60. The Morgan fingerprint density at radius 1 is 1.40 bits per heavy atom. The molecule has 4 heteroatoms. The lowest BCUT2D eigenvalue weighted by atomic mass is 9.94. The van der Waals surface area contributed by atoms with Crippen molar-refractivity contribution < 1.29 is 15.1 Å². The normalized spacial score (nSPS) is 13.5. The van der Waals surface area contributed by atoms with E-state index in [9.17, 15) is 4.79 Å². The van der Waals surface area contributed by atoms with Crippen molar-refractivity contribution in [1.29, 1.82) is 0 Å². The third kappa shape index (κ3) is 3.09. The molecule has 1 unspecified atom stereocenters. The van der Waals surface area contributed by atoms with Gasteiger partial charge >= 0.3 is 5.97 Å². The maximum atomic E-state index is 11.0. The van der Waals surface area contributed by atoms with Gasteiger partial charge in [-0.2, -0.15) is 0 Å². The van der Waals surface area contributed by atoms with Gasteiger partial charge in [0.2, 0.25) is 0 Å². The van der Waals surface area contributed by atoms with Crippen molar-refractivity contribution in [3.05, 3.63) is 35.9 Å². The van der Waals surface area contributed by atoms with E-state index < -0.39 is 11.9 Å². The number of nitrogens with zero attached hydrogens (tertiary/aromatic N) is 1. The number of hydrogen-bond donors (Lipinski definition) is 2. The molecule has 0 aromatic heterocycles. The molecule has 1 aromatic rings. The molecule has 0 amide bonds. The van der Waals surface area contributed by atoms with Gasteiger partial charge in [-0.15, -0.1) is 0 Å². The molecule has 4 nitrogen and oxygen atoms in total. The lowest BCUT2D eigenvalue weighted by Gasteiger charge is -2.11. The number of hydrogen-bond acceptors (Lipinski definition) is 3. The minimum absolute atomic E-state index is 0.218. The zero-order chi connectivity index (χ0) is 11.3. The van der Waals surface area contributed by atoms with Crippen LogP contribution in [-0.4, -0.2) is 22.0 Å². The maximum absolute atomic E-state index is 11.0. The van der Waals surface area contributed by atoms with Gasteiger partial charge in [-0.25, -0.2) is 0 Å². The van der Waals surface area contributed by atoms with Crippen LogP contribution in [0.5, 0.6) is 0 Å². The Morgan fingerprint density at radius 2 is 2.00 bits per heavy atom. The van der Waals surface area contributed by atoms with E-state index in [0.717, 1.165) is 0 Å². The van der Waals surface area contributed by atoms with E-state index in [1.807, 2.05) is 6.07 Å². The van der Waals surface area contributed by atoms with Crippen molar-refractivity contribution in [1.82, 2.24) is 0 Å². The fourth-order valence-corrected chi connectivity index (χ4v) is 1.37. The molecule has 0 bridgehead atoms. The number of aliphatic carboxylic acids is 1. The summed E-state index contributed by atoms with van der Waals surface area (Å²) in [7, 11) is 0. The third-order valence-electron chi connectivity index (χ3n) is 2.17. The molecule has 0 saturated heterocycles. The van der Waals surface area contributed by atoms with Crippen LogP contribution in [0, 0.1) is 0 Å². The molecule has 0 saturated carbocycles. The second kappa shape index (κ2) is 5.14. The number of oxime groups is 1. The van der Waals surface area contributed by atoms with Crippen molar-refractivity contribution >= 4 is 11.7 Å². The summed E-state index contributed by atoms with van der Waals surface area (Å²) in [6, 6.07) is 8.91. The Balaban J connectivity index is 2.89. The molecule has 1 rings (SSSR count). The molecule has 0 fully saturated rings. The monoisotopic (exact) mass is 207 g/mol. The predicted molar refractivity (Wildman–Crippen MR) is 56.3 cm³/mol. The van der Waals surface area contributed by atoms with Gasteiger partial charge in [0.1, 0.15) is 0 Å². The molecule has 80 valence electrons. The van der Waals surface area contributed by atoms with Crippen LogP contribution in [0.1, 0.15) is 24.8 Å².